The zero-order valence-electron chi connectivity index (χ0n) is 19.1. The van der Waals surface area contributed by atoms with Gasteiger partial charge in [0.05, 0.1) is 13.2 Å². The minimum atomic E-state index is -3.15. The van der Waals surface area contributed by atoms with Crippen LogP contribution < -0.4 is 4.90 Å². The smallest absolute Gasteiger partial charge is 0.325 e. The minimum Gasteiger partial charge on any atom is -0.378 e. The van der Waals surface area contributed by atoms with Crippen molar-refractivity contribution < 1.29 is 22.8 Å². The molecule has 2 aromatic rings. The fourth-order valence-electron chi connectivity index (χ4n) is 5.50. The third kappa shape index (κ3) is 4.44. The molecule has 0 radical (unpaired) electrons. The molecule has 1 aliphatic heterocycles. The topological polar surface area (TPSA) is 84.6 Å². The number of carbonyl (C=O) groups is 1. The molecule has 3 saturated carbocycles. The molecule has 4 aliphatic rings. The Hall–Kier alpha value is -2.14. The monoisotopic (exact) mass is 539 g/mol. The highest BCUT2D eigenvalue weighted by atomic mass is 79.9. The third-order valence-corrected chi connectivity index (χ3v) is 8.16. The SMILES string of the molecule is CC(F)(F)c1nc(C23CCC(CN(C(=O)N4CCOCC4)c4cc(Br)ccn4)(CC2)CC3)no1. The second-order valence-corrected chi connectivity index (χ2v) is 10.8. The molecule has 1 saturated heterocycles. The van der Waals surface area contributed by atoms with Crippen molar-refractivity contribution in [3.8, 4) is 0 Å². The predicted molar refractivity (Wildman–Crippen MR) is 123 cm³/mol. The molecule has 6 rings (SSSR count). The molecular weight excluding hydrogens is 512 g/mol. The Kier molecular flexibility index (Phi) is 6.12. The predicted octanol–water partition coefficient (Wildman–Crippen LogP) is 4.89. The summed E-state index contributed by atoms with van der Waals surface area (Å²) in [4.78, 5) is 25.8. The lowest BCUT2D eigenvalue weighted by Gasteiger charge is -2.53. The van der Waals surface area contributed by atoms with Gasteiger partial charge in [-0.3, -0.25) is 4.90 Å². The molecule has 34 heavy (non-hydrogen) atoms. The summed E-state index contributed by atoms with van der Waals surface area (Å²) in [5, 5.41) is 3.94. The number of hydrogen-bond donors (Lipinski definition) is 0. The van der Waals surface area contributed by atoms with E-state index in [9.17, 15) is 13.6 Å². The summed E-state index contributed by atoms with van der Waals surface area (Å²) in [5.74, 6) is -2.75. The molecule has 0 unspecified atom stereocenters. The number of hydrogen-bond acceptors (Lipinski definition) is 6. The first-order chi connectivity index (χ1) is 16.2. The number of rotatable bonds is 5. The van der Waals surface area contributed by atoms with E-state index in [1.165, 1.54) is 0 Å². The molecule has 2 aromatic heterocycles. The van der Waals surface area contributed by atoms with Gasteiger partial charge in [0.2, 0.25) is 0 Å². The molecule has 2 amide bonds. The van der Waals surface area contributed by atoms with E-state index < -0.39 is 11.8 Å². The summed E-state index contributed by atoms with van der Waals surface area (Å²) in [6, 6.07) is 3.66. The maximum atomic E-state index is 13.6. The van der Waals surface area contributed by atoms with Gasteiger partial charge in [0.1, 0.15) is 5.82 Å². The molecule has 11 heteroatoms. The Morgan fingerprint density at radius 3 is 2.47 bits per heavy atom. The van der Waals surface area contributed by atoms with Crippen molar-refractivity contribution in [1.29, 1.82) is 0 Å². The van der Waals surface area contributed by atoms with Crippen molar-refractivity contribution >= 4 is 27.8 Å². The van der Waals surface area contributed by atoms with E-state index in [4.69, 9.17) is 9.26 Å². The van der Waals surface area contributed by atoms with E-state index in [0.717, 1.165) is 49.9 Å². The molecule has 3 aliphatic carbocycles. The second kappa shape index (κ2) is 8.82. The van der Waals surface area contributed by atoms with Crippen LogP contribution in [0, 0.1) is 5.41 Å². The van der Waals surface area contributed by atoms with Crippen LogP contribution in [0.5, 0.6) is 0 Å². The highest BCUT2D eigenvalue weighted by Crippen LogP contribution is 2.57. The lowest BCUT2D eigenvalue weighted by atomic mass is 9.53. The molecule has 0 spiro atoms. The van der Waals surface area contributed by atoms with Crippen LogP contribution in [0.3, 0.4) is 0 Å². The number of carbonyl (C=O) groups excluding carboxylic acids is 1. The van der Waals surface area contributed by atoms with Crippen LogP contribution in [0.2, 0.25) is 0 Å². The maximum absolute atomic E-state index is 13.6. The fourth-order valence-corrected chi connectivity index (χ4v) is 5.82. The maximum Gasteiger partial charge on any atom is 0.325 e. The van der Waals surface area contributed by atoms with Crippen LogP contribution in [0.25, 0.3) is 0 Å². The van der Waals surface area contributed by atoms with Gasteiger partial charge in [-0.15, -0.1) is 0 Å². The zero-order valence-corrected chi connectivity index (χ0v) is 20.7. The van der Waals surface area contributed by atoms with E-state index in [1.54, 1.807) is 11.1 Å². The highest BCUT2D eigenvalue weighted by Gasteiger charge is 2.53. The Morgan fingerprint density at radius 1 is 1.21 bits per heavy atom. The van der Waals surface area contributed by atoms with Crippen LogP contribution in [0.4, 0.5) is 19.4 Å². The largest absolute Gasteiger partial charge is 0.378 e. The normalized spacial score (nSPS) is 27.1. The standard InChI is InChI=1S/C23H28BrF2N5O3/c1-21(25,26)19-28-18(29-34-19)23-6-3-22(4-7-23,5-8-23)15-31(17-14-16(24)2-9-27-17)20(32)30-10-12-33-13-11-30/h2,9,14H,3-8,10-13,15H2,1H3. The van der Waals surface area contributed by atoms with Crippen molar-refractivity contribution in [3.05, 3.63) is 34.5 Å². The number of halogens is 3. The first kappa shape index (κ1) is 23.6. The number of aromatic nitrogens is 3. The zero-order chi connectivity index (χ0) is 24.0. The van der Waals surface area contributed by atoms with E-state index in [-0.39, 0.29) is 16.9 Å². The number of ether oxygens (including phenoxy) is 1. The fraction of sp³-hybridized carbons (Fsp3) is 0.652. The van der Waals surface area contributed by atoms with Crippen molar-refractivity contribution in [1.82, 2.24) is 20.0 Å². The summed E-state index contributed by atoms with van der Waals surface area (Å²) in [6.07, 6.45) is 6.63. The Bertz CT molecular complexity index is 1030. The van der Waals surface area contributed by atoms with Crippen LogP contribution >= 0.6 is 15.9 Å². The number of amides is 2. The van der Waals surface area contributed by atoms with Crippen LogP contribution in [0.15, 0.2) is 27.3 Å². The van der Waals surface area contributed by atoms with E-state index in [2.05, 4.69) is 31.1 Å². The van der Waals surface area contributed by atoms with Crippen LogP contribution in [-0.4, -0.2) is 58.9 Å². The van der Waals surface area contributed by atoms with Gasteiger partial charge >= 0.3 is 12.0 Å². The molecule has 0 N–H and O–H groups in total. The van der Waals surface area contributed by atoms with E-state index in [1.807, 2.05) is 17.0 Å². The lowest BCUT2D eigenvalue weighted by molar-refractivity contribution is -0.0158. The molecule has 0 aromatic carbocycles. The average Bonchev–Trinajstić information content (AvgIpc) is 3.36. The van der Waals surface area contributed by atoms with Gasteiger partial charge < -0.3 is 14.2 Å². The minimum absolute atomic E-state index is 0.0568. The number of pyridine rings is 1. The Morgan fingerprint density at radius 2 is 1.88 bits per heavy atom. The van der Waals surface area contributed by atoms with Gasteiger partial charge in [-0.2, -0.15) is 13.8 Å². The second-order valence-electron chi connectivity index (χ2n) is 9.89. The Labute approximate surface area is 205 Å². The van der Waals surface area contributed by atoms with Crippen molar-refractivity contribution in [2.75, 3.05) is 37.7 Å². The molecule has 2 bridgehead atoms. The van der Waals surface area contributed by atoms with Crippen molar-refractivity contribution in [2.45, 2.75) is 56.8 Å². The molecule has 3 heterocycles. The Balaban J connectivity index is 1.36. The van der Waals surface area contributed by atoms with Gasteiger partial charge in [-0.1, -0.05) is 21.1 Å². The van der Waals surface area contributed by atoms with Gasteiger partial charge in [0.25, 0.3) is 5.89 Å². The third-order valence-electron chi connectivity index (χ3n) is 7.67. The highest BCUT2D eigenvalue weighted by molar-refractivity contribution is 9.10. The number of fused-ring (bicyclic) bond motifs is 3. The molecule has 8 nitrogen and oxygen atoms in total. The van der Waals surface area contributed by atoms with Gasteiger partial charge in [-0.25, -0.2) is 9.78 Å². The van der Waals surface area contributed by atoms with Gasteiger partial charge in [0, 0.05) is 42.6 Å². The average molecular weight is 540 g/mol. The summed E-state index contributed by atoms with van der Waals surface area (Å²) in [7, 11) is 0. The quantitative estimate of drug-likeness (QED) is 0.537. The molecule has 4 fully saturated rings. The van der Waals surface area contributed by atoms with Crippen LogP contribution in [-0.2, 0) is 16.1 Å². The number of anilines is 1. The summed E-state index contributed by atoms with van der Waals surface area (Å²) in [5.41, 5.74) is -0.392. The van der Waals surface area contributed by atoms with Gasteiger partial charge in [-0.05, 0) is 56.1 Å². The first-order valence-corrected chi connectivity index (χ1v) is 12.5. The van der Waals surface area contributed by atoms with Crippen molar-refractivity contribution in [3.63, 3.8) is 0 Å². The number of nitrogens with zero attached hydrogens (tertiary/aromatic N) is 5. The molecular formula is C23H28BrF2N5O3. The van der Waals surface area contributed by atoms with E-state index >= 15 is 0 Å². The number of alkyl halides is 2. The number of urea groups is 1. The first-order valence-electron chi connectivity index (χ1n) is 11.7. The van der Waals surface area contributed by atoms with Gasteiger partial charge in [0.15, 0.2) is 5.82 Å². The van der Waals surface area contributed by atoms with Crippen molar-refractivity contribution in [2.24, 2.45) is 5.41 Å². The van der Waals surface area contributed by atoms with E-state index in [0.29, 0.717) is 44.5 Å². The lowest BCUT2D eigenvalue weighted by Crippen LogP contribution is -2.55. The van der Waals surface area contributed by atoms with Crippen LogP contribution in [0.1, 0.15) is 57.2 Å². The number of morpholine rings is 1. The summed E-state index contributed by atoms with van der Waals surface area (Å²) in [6.45, 7) is 3.51. The summed E-state index contributed by atoms with van der Waals surface area (Å²) >= 11 is 3.50. The molecule has 184 valence electrons. The molecule has 0 atom stereocenters. The summed E-state index contributed by atoms with van der Waals surface area (Å²) < 4.78 is 38.5.